The van der Waals surface area contributed by atoms with E-state index < -0.39 is 56.6 Å². The summed E-state index contributed by atoms with van der Waals surface area (Å²) in [5, 5.41) is 0. The number of ether oxygens (including phenoxy) is 2. The Morgan fingerprint density at radius 1 is 0.872 bits per heavy atom. The largest absolute Gasteiger partial charge is 0.497 e. The number of hydrogen-bond acceptors (Lipinski definition) is 4. The maximum Gasteiger partial charge on any atom is 0.421 e. The minimum atomic E-state index is -4.93. The number of benzene rings is 3. The zero-order chi connectivity index (χ0) is 28.5. The number of alkyl halides is 3. The highest BCUT2D eigenvalue weighted by molar-refractivity contribution is 7.92. The Morgan fingerprint density at radius 3 is 1.92 bits per heavy atom. The minimum Gasteiger partial charge on any atom is -0.497 e. The molecule has 10 heteroatoms. The van der Waals surface area contributed by atoms with Crippen LogP contribution in [0.3, 0.4) is 0 Å². The van der Waals surface area contributed by atoms with Crippen molar-refractivity contribution in [3.63, 3.8) is 0 Å². The van der Waals surface area contributed by atoms with Gasteiger partial charge in [-0.3, -0.25) is 0 Å². The van der Waals surface area contributed by atoms with Gasteiger partial charge in [-0.05, 0) is 66.8 Å². The Kier molecular flexibility index (Phi) is 8.10. The van der Waals surface area contributed by atoms with Crippen LogP contribution >= 0.6 is 0 Å². The zero-order valence-corrected chi connectivity index (χ0v) is 22.3. The molecule has 0 N–H and O–H groups in total. The summed E-state index contributed by atoms with van der Waals surface area (Å²) in [6.07, 6.45) is -3.55. The summed E-state index contributed by atoms with van der Waals surface area (Å²) in [5.41, 5.74) is -3.37. The molecule has 0 spiro atoms. The number of halogens is 5. The van der Waals surface area contributed by atoms with Crippen molar-refractivity contribution in [1.29, 1.82) is 0 Å². The van der Waals surface area contributed by atoms with E-state index in [0.29, 0.717) is 37.0 Å². The minimum absolute atomic E-state index is 0.0997. The Bertz CT molecular complexity index is 1380. The highest BCUT2D eigenvalue weighted by Gasteiger charge is 2.56. The van der Waals surface area contributed by atoms with Gasteiger partial charge in [-0.25, -0.2) is 17.2 Å². The molecule has 1 aliphatic rings. The number of sulfone groups is 1. The third-order valence-electron chi connectivity index (χ3n) is 7.65. The van der Waals surface area contributed by atoms with E-state index in [2.05, 4.69) is 0 Å². The van der Waals surface area contributed by atoms with Crippen molar-refractivity contribution in [2.24, 2.45) is 0 Å². The van der Waals surface area contributed by atoms with Gasteiger partial charge in [0.1, 0.15) is 22.1 Å². The SMILES string of the molecule is CCC(OCc1c(F)cccc1F)(c1ccc(C2(S(=O)(=O)c3ccc(OC)cc3)CCCC2)cc1)C(F)(F)F. The van der Waals surface area contributed by atoms with Gasteiger partial charge in [-0.15, -0.1) is 0 Å². The molecule has 4 nitrogen and oxygen atoms in total. The molecule has 1 atom stereocenters. The molecule has 1 unspecified atom stereocenters. The van der Waals surface area contributed by atoms with E-state index in [9.17, 15) is 30.4 Å². The first-order chi connectivity index (χ1) is 18.4. The maximum absolute atomic E-state index is 14.5. The highest BCUT2D eigenvalue weighted by Crippen LogP contribution is 2.50. The standard InChI is InChI=1S/C29H29F5O4S/c1-3-28(29(32,33)34,38-19-24-25(30)7-6-8-26(24)31)21-11-9-20(10-12-21)27(17-4-5-18-27)39(35,36)23-15-13-22(37-2)14-16-23/h6-16H,3-5,17-19H2,1-2H3. The average Bonchev–Trinajstić information content (AvgIpc) is 3.42. The third kappa shape index (κ3) is 5.04. The topological polar surface area (TPSA) is 52.6 Å². The molecule has 4 rings (SSSR count). The van der Waals surface area contributed by atoms with E-state index in [4.69, 9.17) is 9.47 Å². The fourth-order valence-corrected chi connectivity index (χ4v) is 7.60. The van der Waals surface area contributed by atoms with E-state index in [-0.39, 0.29) is 10.5 Å². The van der Waals surface area contributed by atoms with Crippen molar-refractivity contribution in [3.8, 4) is 5.75 Å². The lowest BCUT2D eigenvalue weighted by molar-refractivity contribution is -0.290. The van der Waals surface area contributed by atoms with E-state index in [1.54, 1.807) is 12.1 Å². The molecule has 0 heterocycles. The molecule has 3 aromatic carbocycles. The summed E-state index contributed by atoms with van der Waals surface area (Å²) < 4.78 is 109. The van der Waals surface area contributed by atoms with Gasteiger partial charge in [0.25, 0.3) is 0 Å². The van der Waals surface area contributed by atoms with Crippen molar-refractivity contribution in [2.45, 2.75) is 67.1 Å². The van der Waals surface area contributed by atoms with Crippen molar-refractivity contribution in [2.75, 3.05) is 7.11 Å². The van der Waals surface area contributed by atoms with Crippen LogP contribution < -0.4 is 4.74 Å². The third-order valence-corrected chi connectivity index (χ3v) is 10.2. The van der Waals surface area contributed by atoms with Gasteiger partial charge in [0.05, 0.1) is 18.6 Å². The van der Waals surface area contributed by atoms with Crippen LogP contribution in [0, 0.1) is 11.6 Å². The lowest BCUT2D eigenvalue weighted by Crippen LogP contribution is -2.44. The van der Waals surface area contributed by atoms with Crippen LogP contribution in [0.2, 0.25) is 0 Å². The van der Waals surface area contributed by atoms with Crippen molar-refractivity contribution in [3.05, 3.63) is 95.1 Å². The lowest BCUT2D eigenvalue weighted by Gasteiger charge is -2.36. The van der Waals surface area contributed by atoms with Crippen molar-refractivity contribution >= 4 is 9.84 Å². The first kappa shape index (κ1) is 29.0. The molecule has 210 valence electrons. The molecular formula is C29H29F5O4S. The van der Waals surface area contributed by atoms with Gasteiger partial charge in [0, 0.05) is 5.56 Å². The smallest absolute Gasteiger partial charge is 0.421 e. The molecule has 1 fully saturated rings. The summed E-state index contributed by atoms with van der Waals surface area (Å²) in [5.74, 6) is -1.52. The molecule has 1 saturated carbocycles. The Balaban J connectivity index is 1.73. The maximum atomic E-state index is 14.5. The van der Waals surface area contributed by atoms with Gasteiger partial charge >= 0.3 is 6.18 Å². The summed E-state index contributed by atoms with van der Waals surface area (Å²) in [7, 11) is -2.44. The molecule has 0 aliphatic heterocycles. The Labute approximate surface area is 224 Å². The summed E-state index contributed by atoms with van der Waals surface area (Å²) in [6, 6.07) is 14.2. The van der Waals surface area contributed by atoms with Gasteiger partial charge in [-0.1, -0.05) is 50.1 Å². The van der Waals surface area contributed by atoms with Gasteiger partial charge in [0.2, 0.25) is 0 Å². The fraction of sp³-hybridized carbons (Fsp3) is 0.379. The molecular weight excluding hydrogens is 539 g/mol. The highest BCUT2D eigenvalue weighted by atomic mass is 32.2. The Morgan fingerprint density at radius 2 is 1.44 bits per heavy atom. The average molecular weight is 569 g/mol. The molecule has 0 aromatic heterocycles. The second-order valence-electron chi connectivity index (χ2n) is 9.62. The van der Waals surface area contributed by atoms with Crippen molar-refractivity contribution < 1.29 is 39.8 Å². The summed E-state index contributed by atoms with van der Waals surface area (Å²) in [4.78, 5) is 0.0997. The quantitative estimate of drug-likeness (QED) is 0.250. The number of methoxy groups -OCH3 is 1. The van der Waals surface area contributed by atoms with Crippen LogP contribution in [0.15, 0.2) is 71.6 Å². The summed E-state index contributed by atoms with van der Waals surface area (Å²) >= 11 is 0. The molecule has 39 heavy (non-hydrogen) atoms. The van der Waals surface area contributed by atoms with E-state index in [1.165, 1.54) is 50.4 Å². The normalized spacial score (nSPS) is 17.1. The predicted molar refractivity (Wildman–Crippen MR) is 136 cm³/mol. The molecule has 0 bridgehead atoms. The molecule has 3 aromatic rings. The van der Waals surface area contributed by atoms with Crippen LogP contribution in [-0.2, 0) is 31.5 Å². The Hall–Kier alpha value is -2.98. The van der Waals surface area contributed by atoms with E-state index in [0.717, 1.165) is 18.2 Å². The lowest BCUT2D eigenvalue weighted by atomic mass is 9.87. The second kappa shape index (κ2) is 10.9. The zero-order valence-electron chi connectivity index (χ0n) is 21.5. The summed E-state index contributed by atoms with van der Waals surface area (Å²) in [6.45, 7) is 0.328. The molecule has 1 aliphatic carbocycles. The molecule has 0 radical (unpaired) electrons. The van der Waals surface area contributed by atoms with Crippen LogP contribution in [-0.4, -0.2) is 21.7 Å². The van der Waals surface area contributed by atoms with E-state index >= 15 is 0 Å². The molecule has 0 saturated heterocycles. The van der Waals surface area contributed by atoms with Crippen LogP contribution in [0.4, 0.5) is 22.0 Å². The van der Waals surface area contributed by atoms with Crippen molar-refractivity contribution in [1.82, 2.24) is 0 Å². The van der Waals surface area contributed by atoms with Gasteiger partial charge < -0.3 is 9.47 Å². The molecule has 0 amide bonds. The van der Waals surface area contributed by atoms with Crippen LogP contribution in [0.5, 0.6) is 5.75 Å². The van der Waals surface area contributed by atoms with Gasteiger partial charge in [0.15, 0.2) is 15.4 Å². The van der Waals surface area contributed by atoms with Crippen LogP contribution in [0.25, 0.3) is 0 Å². The predicted octanol–water partition coefficient (Wildman–Crippen LogP) is 7.60. The second-order valence-corrected chi connectivity index (χ2v) is 11.9. The number of rotatable bonds is 9. The van der Waals surface area contributed by atoms with Gasteiger partial charge in [-0.2, -0.15) is 13.2 Å². The fourth-order valence-electron chi connectivity index (χ4n) is 5.38. The monoisotopic (exact) mass is 568 g/mol. The number of hydrogen-bond donors (Lipinski definition) is 0. The first-order valence-corrected chi connectivity index (χ1v) is 14.0. The first-order valence-electron chi connectivity index (χ1n) is 12.5. The van der Waals surface area contributed by atoms with E-state index in [1.807, 2.05) is 0 Å². The van der Waals surface area contributed by atoms with Crippen LogP contribution in [0.1, 0.15) is 55.7 Å².